The van der Waals surface area contributed by atoms with E-state index >= 15 is 0 Å². The van der Waals surface area contributed by atoms with E-state index in [0.717, 1.165) is 32.9 Å². The molecule has 1 heterocycles. The Bertz CT molecular complexity index is 964. The summed E-state index contributed by atoms with van der Waals surface area (Å²) >= 11 is 1.34. The minimum Gasteiger partial charge on any atom is -0.507 e. The number of phenolic OH excluding ortho intramolecular Hbond substituents is 1. The molecule has 2 aromatic carbocycles. The van der Waals surface area contributed by atoms with Gasteiger partial charge in [-0.25, -0.2) is 8.78 Å². The molecular weight excluding hydrogens is 426 g/mol. The molecule has 1 saturated heterocycles. The summed E-state index contributed by atoms with van der Waals surface area (Å²) in [6.07, 6.45) is 7.66. The molecule has 0 radical (unpaired) electrons. The highest BCUT2D eigenvalue weighted by Gasteiger charge is 2.50. The number of nitrogens with one attached hydrogen (secondary N) is 1. The number of aromatic hydroxyl groups is 1. The predicted molar refractivity (Wildman–Crippen MR) is 128 cm³/mol. The van der Waals surface area contributed by atoms with Crippen LogP contribution in [0.25, 0.3) is 5.70 Å². The molecule has 172 valence electrons. The van der Waals surface area contributed by atoms with Crippen molar-refractivity contribution < 1.29 is 13.9 Å². The number of benzene rings is 2. The first-order valence-electron chi connectivity index (χ1n) is 11.3. The van der Waals surface area contributed by atoms with Crippen LogP contribution in [-0.2, 0) is 5.92 Å². The van der Waals surface area contributed by atoms with E-state index < -0.39 is 5.92 Å². The van der Waals surface area contributed by atoms with Gasteiger partial charge < -0.3 is 10.4 Å². The van der Waals surface area contributed by atoms with Crippen molar-refractivity contribution in [2.45, 2.75) is 61.4 Å². The Morgan fingerprint density at radius 2 is 1.81 bits per heavy atom. The topological polar surface area (TPSA) is 35.5 Å². The molecule has 1 unspecified atom stereocenters. The van der Waals surface area contributed by atoms with Gasteiger partial charge in [-0.3, -0.25) is 4.90 Å². The second-order valence-corrected chi connectivity index (χ2v) is 9.93. The van der Waals surface area contributed by atoms with Crippen LogP contribution in [-0.4, -0.2) is 34.9 Å². The first-order chi connectivity index (χ1) is 15.3. The van der Waals surface area contributed by atoms with Crippen molar-refractivity contribution >= 4 is 17.5 Å². The van der Waals surface area contributed by atoms with Gasteiger partial charge in [0.05, 0.1) is 11.6 Å². The molecule has 6 heteroatoms. The van der Waals surface area contributed by atoms with E-state index in [0.29, 0.717) is 16.2 Å². The van der Waals surface area contributed by atoms with Crippen LogP contribution in [0.15, 0.2) is 53.9 Å². The summed E-state index contributed by atoms with van der Waals surface area (Å²) in [7, 11) is 0. The van der Waals surface area contributed by atoms with Gasteiger partial charge in [0.2, 0.25) is 0 Å². The number of likely N-dealkylation sites (tertiary alicyclic amines) is 1. The largest absolute Gasteiger partial charge is 0.507 e. The quantitative estimate of drug-likeness (QED) is 0.440. The van der Waals surface area contributed by atoms with Crippen molar-refractivity contribution in [1.82, 2.24) is 10.2 Å². The Kier molecular flexibility index (Phi) is 6.55. The molecule has 32 heavy (non-hydrogen) atoms. The summed E-state index contributed by atoms with van der Waals surface area (Å²) in [5.41, 5.74) is 2.07. The van der Waals surface area contributed by atoms with Gasteiger partial charge >= 0.3 is 0 Å². The fourth-order valence-corrected chi connectivity index (χ4v) is 5.90. The fourth-order valence-electron chi connectivity index (χ4n) is 5.23. The van der Waals surface area contributed by atoms with Crippen molar-refractivity contribution in [3.63, 3.8) is 0 Å². The Morgan fingerprint density at radius 3 is 2.34 bits per heavy atom. The highest BCUT2D eigenvalue weighted by Crippen LogP contribution is 2.49. The van der Waals surface area contributed by atoms with E-state index in [2.05, 4.69) is 28.9 Å². The maximum atomic E-state index is 13.9. The lowest BCUT2D eigenvalue weighted by Gasteiger charge is -2.54. The molecule has 0 bridgehead atoms. The summed E-state index contributed by atoms with van der Waals surface area (Å²) in [5.74, 6) is -3.19. The Balaban J connectivity index is 1.71. The molecule has 2 aliphatic rings. The van der Waals surface area contributed by atoms with E-state index in [4.69, 9.17) is 0 Å². The van der Waals surface area contributed by atoms with Gasteiger partial charge in [-0.15, -0.1) is 11.8 Å². The monoisotopic (exact) mass is 458 g/mol. The molecule has 1 aliphatic carbocycles. The second kappa shape index (κ2) is 9.06. The first-order valence-corrected chi connectivity index (χ1v) is 12.5. The normalized spacial score (nSPS) is 19.4. The standard InChI is InChI=1S/C26H32F2N2OS/c1-18(23-21(31)16-20(25(2,27)28)17-22(23)32-3)29-24(19-10-5-4-6-11-19)26(12-9-13-26)30-14-7-8-15-30/h4-6,10-11,16-17,24,29,31H,1,7-9,12-15H2,2-3H3. The van der Waals surface area contributed by atoms with E-state index in [-0.39, 0.29) is 22.9 Å². The van der Waals surface area contributed by atoms with Gasteiger partial charge in [0.15, 0.2) is 0 Å². The van der Waals surface area contributed by atoms with Crippen LogP contribution in [0.5, 0.6) is 5.75 Å². The van der Waals surface area contributed by atoms with Crippen LogP contribution in [0.4, 0.5) is 8.78 Å². The Labute approximate surface area is 193 Å². The van der Waals surface area contributed by atoms with E-state index in [1.54, 1.807) is 0 Å². The lowest BCUT2D eigenvalue weighted by molar-refractivity contribution is 0.00373. The van der Waals surface area contributed by atoms with Gasteiger partial charge in [-0.1, -0.05) is 36.9 Å². The molecule has 2 fully saturated rings. The highest BCUT2D eigenvalue weighted by molar-refractivity contribution is 7.98. The zero-order chi connectivity index (χ0) is 22.9. The van der Waals surface area contributed by atoms with Gasteiger partial charge in [0.1, 0.15) is 5.75 Å². The molecule has 2 N–H and O–H groups in total. The highest BCUT2D eigenvalue weighted by atomic mass is 32.2. The number of phenols is 1. The molecule has 0 aromatic heterocycles. The molecule has 3 nitrogen and oxygen atoms in total. The summed E-state index contributed by atoms with van der Waals surface area (Å²) in [4.78, 5) is 3.21. The summed E-state index contributed by atoms with van der Waals surface area (Å²) in [5, 5.41) is 14.4. The van der Waals surface area contributed by atoms with Crippen molar-refractivity contribution in [3.05, 3.63) is 65.7 Å². The maximum Gasteiger partial charge on any atom is 0.270 e. The number of halogens is 2. The molecule has 2 aromatic rings. The van der Waals surface area contributed by atoms with Gasteiger partial charge in [-0.05, 0) is 69.1 Å². The zero-order valence-electron chi connectivity index (χ0n) is 18.8. The smallest absolute Gasteiger partial charge is 0.270 e. The molecule has 1 saturated carbocycles. The van der Waals surface area contributed by atoms with Gasteiger partial charge in [0, 0.05) is 28.6 Å². The minimum atomic E-state index is -3.02. The number of hydrogen-bond acceptors (Lipinski definition) is 4. The predicted octanol–water partition coefficient (Wildman–Crippen LogP) is 6.55. The molecule has 0 amide bonds. The third-order valence-electron chi connectivity index (χ3n) is 7.05. The Hall–Kier alpha value is -2.05. The van der Waals surface area contributed by atoms with Crippen molar-refractivity contribution in [3.8, 4) is 5.75 Å². The van der Waals surface area contributed by atoms with Crippen LogP contribution in [0, 0.1) is 0 Å². The molecule has 1 atom stereocenters. The summed E-state index contributed by atoms with van der Waals surface area (Å²) in [6, 6.07) is 13.0. The van der Waals surface area contributed by atoms with Crippen LogP contribution in [0.1, 0.15) is 61.8 Å². The lowest BCUT2D eigenvalue weighted by atomic mass is 9.68. The van der Waals surface area contributed by atoms with Gasteiger partial charge in [-0.2, -0.15) is 0 Å². The van der Waals surface area contributed by atoms with Gasteiger partial charge in [0.25, 0.3) is 5.92 Å². The maximum absolute atomic E-state index is 13.9. The van der Waals surface area contributed by atoms with Crippen molar-refractivity contribution in [1.29, 1.82) is 0 Å². The third kappa shape index (κ3) is 4.27. The molecular formula is C26H32F2N2OS. The minimum absolute atomic E-state index is 0.00412. The van der Waals surface area contributed by atoms with Crippen LogP contribution >= 0.6 is 11.8 Å². The van der Waals surface area contributed by atoms with E-state index in [9.17, 15) is 13.9 Å². The average molecular weight is 459 g/mol. The number of nitrogens with zero attached hydrogens (tertiary/aromatic N) is 1. The van der Waals surface area contributed by atoms with Crippen molar-refractivity contribution in [2.75, 3.05) is 19.3 Å². The number of thioether (sulfide) groups is 1. The molecule has 4 rings (SSSR count). The lowest BCUT2D eigenvalue weighted by Crippen LogP contribution is -2.59. The van der Waals surface area contributed by atoms with E-state index in [1.807, 2.05) is 24.5 Å². The third-order valence-corrected chi connectivity index (χ3v) is 7.82. The zero-order valence-corrected chi connectivity index (χ0v) is 19.7. The van der Waals surface area contributed by atoms with E-state index in [1.165, 1.54) is 48.7 Å². The Morgan fingerprint density at radius 1 is 1.16 bits per heavy atom. The molecule has 1 aliphatic heterocycles. The number of alkyl halides is 2. The summed E-state index contributed by atoms with van der Waals surface area (Å²) < 4.78 is 27.9. The summed E-state index contributed by atoms with van der Waals surface area (Å²) in [6.45, 7) is 7.30. The number of hydrogen-bond donors (Lipinski definition) is 2. The van der Waals surface area contributed by atoms with Crippen molar-refractivity contribution in [2.24, 2.45) is 0 Å². The second-order valence-electron chi connectivity index (χ2n) is 9.08. The number of rotatable bonds is 8. The SMILES string of the molecule is C=C(NC(c1ccccc1)C1(N2CCCC2)CCC1)c1c(O)cc(C(C)(F)F)cc1SC. The fraction of sp³-hybridized carbons (Fsp3) is 0.462. The van der Waals surface area contributed by atoms with Crippen LogP contribution < -0.4 is 5.32 Å². The van der Waals surface area contributed by atoms with Crippen LogP contribution in [0.2, 0.25) is 0 Å². The van der Waals surface area contributed by atoms with Crippen LogP contribution in [0.3, 0.4) is 0 Å². The first kappa shape index (κ1) is 23.1. The average Bonchev–Trinajstić information content (AvgIpc) is 3.26. The molecule has 0 spiro atoms.